The van der Waals surface area contributed by atoms with Crippen LogP contribution in [0.5, 0.6) is 0 Å². The number of aliphatic hydroxyl groups excluding tert-OH is 1. The van der Waals surface area contributed by atoms with E-state index in [9.17, 15) is 4.79 Å². The van der Waals surface area contributed by atoms with Gasteiger partial charge in [0.1, 0.15) is 5.69 Å². The third kappa shape index (κ3) is 2.11. The maximum Gasteiger partial charge on any atom is 0.267 e. The lowest BCUT2D eigenvalue weighted by atomic mass is 9.82. The highest BCUT2D eigenvalue weighted by Crippen LogP contribution is 2.26. The quantitative estimate of drug-likeness (QED) is 0.796. The summed E-state index contributed by atoms with van der Waals surface area (Å²) >= 11 is 0. The number of amides is 1. The predicted molar refractivity (Wildman–Crippen MR) is 61.2 cm³/mol. The fourth-order valence-corrected chi connectivity index (χ4v) is 2.04. The van der Waals surface area contributed by atoms with Crippen LogP contribution in [0.3, 0.4) is 0 Å². The number of aromatic nitrogens is 1. The van der Waals surface area contributed by atoms with Gasteiger partial charge < -0.3 is 15.0 Å². The van der Waals surface area contributed by atoms with Crippen LogP contribution >= 0.6 is 0 Å². The van der Waals surface area contributed by atoms with Gasteiger partial charge in [-0.25, -0.2) is 0 Å². The monoisotopic (exact) mass is 222 g/mol. The summed E-state index contributed by atoms with van der Waals surface area (Å²) in [6.45, 7) is 2.64. The van der Waals surface area contributed by atoms with Crippen molar-refractivity contribution in [2.45, 2.75) is 25.9 Å². The normalized spacial score (nSPS) is 23.9. The van der Waals surface area contributed by atoms with Crippen LogP contribution in [0, 0.1) is 12.8 Å². The fourth-order valence-electron chi connectivity index (χ4n) is 2.04. The zero-order valence-corrected chi connectivity index (χ0v) is 9.73. The molecular formula is C12H18N2O2. The van der Waals surface area contributed by atoms with E-state index in [1.807, 2.05) is 30.7 Å². The average Bonchev–Trinajstić information content (AvgIpc) is 2.53. The Morgan fingerprint density at radius 3 is 2.75 bits per heavy atom. The van der Waals surface area contributed by atoms with E-state index in [0.29, 0.717) is 18.2 Å². The second kappa shape index (κ2) is 4.29. The van der Waals surface area contributed by atoms with Crippen molar-refractivity contribution in [1.82, 2.24) is 9.88 Å². The highest BCUT2D eigenvalue weighted by molar-refractivity contribution is 5.92. The van der Waals surface area contributed by atoms with E-state index >= 15 is 0 Å². The lowest BCUT2D eigenvalue weighted by molar-refractivity contribution is 0.0419. The molecule has 1 aromatic rings. The minimum absolute atomic E-state index is 0.0306. The van der Waals surface area contributed by atoms with Crippen LogP contribution in [0.15, 0.2) is 12.1 Å². The highest BCUT2D eigenvalue weighted by atomic mass is 16.3. The molecule has 16 heavy (non-hydrogen) atoms. The van der Waals surface area contributed by atoms with Gasteiger partial charge in [0, 0.05) is 19.3 Å². The van der Waals surface area contributed by atoms with Gasteiger partial charge in [0.2, 0.25) is 0 Å². The minimum atomic E-state index is -0.154. The molecule has 0 aliphatic heterocycles. The van der Waals surface area contributed by atoms with Crippen molar-refractivity contribution in [3.05, 3.63) is 23.5 Å². The van der Waals surface area contributed by atoms with E-state index in [1.165, 1.54) is 0 Å². The van der Waals surface area contributed by atoms with E-state index in [1.54, 1.807) is 0 Å². The van der Waals surface area contributed by atoms with E-state index < -0.39 is 0 Å². The first-order chi connectivity index (χ1) is 7.58. The number of nitrogens with zero attached hydrogens (tertiary/aromatic N) is 1. The van der Waals surface area contributed by atoms with Gasteiger partial charge in [-0.2, -0.15) is 0 Å². The van der Waals surface area contributed by atoms with Crippen molar-refractivity contribution >= 4 is 5.91 Å². The van der Waals surface area contributed by atoms with E-state index in [2.05, 4.69) is 5.32 Å². The van der Waals surface area contributed by atoms with Gasteiger partial charge >= 0.3 is 0 Å². The summed E-state index contributed by atoms with van der Waals surface area (Å²) in [4.78, 5) is 11.8. The van der Waals surface area contributed by atoms with E-state index in [-0.39, 0.29) is 12.0 Å². The summed E-state index contributed by atoms with van der Waals surface area (Å²) in [7, 11) is 1.89. The van der Waals surface area contributed by atoms with Crippen LogP contribution in [-0.4, -0.2) is 28.2 Å². The Kier molecular flexibility index (Phi) is 3.01. The molecule has 1 amide bonds. The zero-order valence-electron chi connectivity index (χ0n) is 9.73. The van der Waals surface area contributed by atoms with Crippen molar-refractivity contribution in [3.8, 4) is 0 Å². The second-order valence-corrected chi connectivity index (χ2v) is 4.62. The Morgan fingerprint density at radius 2 is 2.25 bits per heavy atom. The molecule has 1 fully saturated rings. The summed E-state index contributed by atoms with van der Waals surface area (Å²) in [6.07, 6.45) is 1.47. The molecule has 1 aromatic heterocycles. The van der Waals surface area contributed by atoms with Gasteiger partial charge in [-0.1, -0.05) is 0 Å². The lowest BCUT2D eigenvalue weighted by Crippen LogP contribution is -2.38. The van der Waals surface area contributed by atoms with Gasteiger partial charge in [0.25, 0.3) is 5.91 Å². The van der Waals surface area contributed by atoms with Crippen molar-refractivity contribution in [2.24, 2.45) is 13.0 Å². The van der Waals surface area contributed by atoms with Gasteiger partial charge in [0.15, 0.2) is 0 Å². The molecule has 4 nitrogen and oxygen atoms in total. The van der Waals surface area contributed by atoms with Gasteiger partial charge in [-0.05, 0) is 37.8 Å². The molecule has 0 atom stereocenters. The van der Waals surface area contributed by atoms with Crippen molar-refractivity contribution in [2.75, 3.05) is 6.54 Å². The summed E-state index contributed by atoms with van der Waals surface area (Å²) < 4.78 is 1.88. The third-order valence-electron chi connectivity index (χ3n) is 3.37. The molecule has 1 saturated carbocycles. The van der Waals surface area contributed by atoms with Crippen LogP contribution < -0.4 is 5.32 Å². The SMILES string of the molecule is Cc1ccc(C(=O)NCC2CC(O)C2)n1C. The number of aryl methyl sites for hydroxylation is 1. The zero-order chi connectivity index (χ0) is 11.7. The molecule has 0 spiro atoms. The first kappa shape index (κ1) is 11.2. The Labute approximate surface area is 95.3 Å². The van der Waals surface area contributed by atoms with Crippen LogP contribution in [0.1, 0.15) is 29.0 Å². The fraction of sp³-hybridized carbons (Fsp3) is 0.583. The molecule has 4 heteroatoms. The van der Waals surface area contributed by atoms with Gasteiger partial charge in [-0.15, -0.1) is 0 Å². The first-order valence-electron chi connectivity index (χ1n) is 5.66. The minimum Gasteiger partial charge on any atom is -0.393 e. The summed E-state index contributed by atoms with van der Waals surface area (Å²) in [5, 5.41) is 12.0. The molecule has 1 heterocycles. The molecule has 0 saturated heterocycles. The van der Waals surface area contributed by atoms with Gasteiger partial charge in [0.05, 0.1) is 6.10 Å². The Bertz CT molecular complexity index is 392. The molecule has 88 valence electrons. The molecular weight excluding hydrogens is 204 g/mol. The number of rotatable bonds is 3. The Morgan fingerprint density at radius 1 is 1.56 bits per heavy atom. The first-order valence-corrected chi connectivity index (χ1v) is 5.66. The van der Waals surface area contributed by atoms with Crippen molar-refractivity contribution in [1.29, 1.82) is 0 Å². The molecule has 0 unspecified atom stereocenters. The summed E-state index contributed by atoms with van der Waals surface area (Å²) in [5.41, 5.74) is 1.77. The molecule has 2 rings (SSSR count). The molecule has 2 N–H and O–H groups in total. The maximum absolute atomic E-state index is 11.8. The number of aliphatic hydroxyl groups is 1. The standard InChI is InChI=1S/C12H18N2O2/c1-8-3-4-11(14(8)2)12(16)13-7-9-5-10(15)6-9/h3-4,9-10,15H,5-7H2,1-2H3,(H,13,16). The lowest BCUT2D eigenvalue weighted by Gasteiger charge is -2.31. The number of hydrogen-bond donors (Lipinski definition) is 2. The number of hydrogen-bond acceptors (Lipinski definition) is 2. The van der Waals surface area contributed by atoms with Crippen LogP contribution in [0.4, 0.5) is 0 Å². The van der Waals surface area contributed by atoms with Crippen molar-refractivity contribution in [3.63, 3.8) is 0 Å². The van der Waals surface area contributed by atoms with Gasteiger partial charge in [-0.3, -0.25) is 4.79 Å². The molecule has 1 aliphatic rings. The molecule has 0 radical (unpaired) electrons. The third-order valence-corrected chi connectivity index (χ3v) is 3.37. The Hall–Kier alpha value is -1.29. The Balaban J connectivity index is 1.86. The highest BCUT2D eigenvalue weighted by Gasteiger charge is 2.27. The summed E-state index contributed by atoms with van der Waals surface area (Å²) in [6, 6.07) is 3.77. The molecule has 0 bridgehead atoms. The second-order valence-electron chi connectivity index (χ2n) is 4.62. The van der Waals surface area contributed by atoms with Crippen molar-refractivity contribution < 1.29 is 9.90 Å². The van der Waals surface area contributed by atoms with E-state index in [0.717, 1.165) is 18.5 Å². The number of carbonyl (C=O) groups excluding carboxylic acids is 1. The van der Waals surface area contributed by atoms with Crippen LogP contribution in [0.2, 0.25) is 0 Å². The number of nitrogens with one attached hydrogen (secondary N) is 1. The van der Waals surface area contributed by atoms with Crippen LogP contribution in [0.25, 0.3) is 0 Å². The average molecular weight is 222 g/mol. The molecule has 1 aliphatic carbocycles. The van der Waals surface area contributed by atoms with Crippen LogP contribution in [-0.2, 0) is 7.05 Å². The number of carbonyl (C=O) groups is 1. The molecule has 0 aromatic carbocycles. The largest absolute Gasteiger partial charge is 0.393 e. The topological polar surface area (TPSA) is 54.3 Å². The smallest absolute Gasteiger partial charge is 0.267 e. The maximum atomic E-state index is 11.8. The predicted octanol–water partition coefficient (Wildman–Crippen LogP) is 0.834. The van der Waals surface area contributed by atoms with E-state index in [4.69, 9.17) is 5.11 Å². The summed E-state index contributed by atoms with van der Waals surface area (Å²) in [5.74, 6) is 0.414.